The highest BCUT2D eigenvalue weighted by molar-refractivity contribution is 6.13. The Morgan fingerprint density at radius 1 is 1.03 bits per heavy atom. The number of ether oxygens (including phenoxy) is 2. The van der Waals surface area contributed by atoms with E-state index in [9.17, 15) is 28.1 Å². The molecule has 1 aliphatic rings. The summed E-state index contributed by atoms with van der Waals surface area (Å²) >= 11 is 0. The quantitative estimate of drug-likeness (QED) is 0.161. The Bertz CT molecular complexity index is 1390. The van der Waals surface area contributed by atoms with Crippen LogP contribution >= 0.6 is 0 Å². The van der Waals surface area contributed by atoms with Gasteiger partial charge in [0.05, 0.1) is 10.5 Å². The lowest BCUT2D eigenvalue weighted by Crippen LogP contribution is -2.06. The van der Waals surface area contributed by atoms with Crippen molar-refractivity contribution in [2.45, 2.75) is 25.9 Å². The van der Waals surface area contributed by atoms with Gasteiger partial charge < -0.3 is 9.47 Å². The van der Waals surface area contributed by atoms with Crippen molar-refractivity contribution in [1.29, 1.82) is 0 Å². The molecule has 0 spiro atoms. The van der Waals surface area contributed by atoms with Crippen molar-refractivity contribution in [2.24, 2.45) is 4.99 Å². The van der Waals surface area contributed by atoms with E-state index in [1.807, 2.05) is 12.1 Å². The molecule has 0 atom stereocenters. The molecule has 0 saturated heterocycles. The number of alkyl halides is 3. The molecule has 7 nitrogen and oxygen atoms in total. The van der Waals surface area contributed by atoms with Gasteiger partial charge in [-0.1, -0.05) is 44.2 Å². The van der Waals surface area contributed by atoms with Crippen molar-refractivity contribution in [3.63, 3.8) is 0 Å². The van der Waals surface area contributed by atoms with Gasteiger partial charge in [0, 0.05) is 17.2 Å². The monoisotopic (exact) mass is 496 g/mol. The first-order valence-corrected chi connectivity index (χ1v) is 10.8. The second-order valence-corrected chi connectivity index (χ2v) is 8.19. The molecule has 0 saturated carbocycles. The Balaban J connectivity index is 1.66. The number of carbonyl (C=O) groups excluding carboxylic acids is 1. The third-order valence-corrected chi connectivity index (χ3v) is 5.36. The fraction of sp³-hybridized carbons (Fsp3) is 0.154. The van der Waals surface area contributed by atoms with Crippen LogP contribution in [0.5, 0.6) is 11.5 Å². The number of rotatable bonds is 6. The van der Waals surface area contributed by atoms with Gasteiger partial charge in [-0.25, -0.2) is 9.79 Å². The third kappa shape index (κ3) is 5.27. The number of cyclic esters (lactones) is 1. The first-order chi connectivity index (χ1) is 17.0. The van der Waals surface area contributed by atoms with Crippen molar-refractivity contribution in [2.75, 3.05) is 0 Å². The predicted octanol–water partition coefficient (Wildman–Crippen LogP) is 6.87. The van der Waals surface area contributed by atoms with Crippen LogP contribution in [0, 0.1) is 10.1 Å². The number of nitrogens with zero attached hydrogens (tertiary/aromatic N) is 2. The number of esters is 1. The molecule has 10 heteroatoms. The van der Waals surface area contributed by atoms with Crippen molar-refractivity contribution < 1.29 is 32.4 Å². The van der Waals surface area contributed by atoms with Gasteiger partial charge in [0.25, 0.3) is 0 Å². The molecule has 0 N–H and O–H groups in total. The molecule has 0 aliphatic carbocycles. The summed E-state index contributed by atoms with van der Waals surface area (Å²) in [6.07, 6.45) is -3.37. The maximum Gasteiger partial charge on any atom is 0.416 e. The molecule has 0 unspecified atom stereocenters. The van der Waals surface area contributed by atoms with E-state index in [-0.39, 0.29) is 23.1 Å². The smallest absolute Gasteiger partial charge is 0.416 e. The first kappa shape index (κ1) is 24.6. The number of hydrogen-bond acceptors (Lipinski definition) is 6. The summed E-state index contributed by atoms with van der Waals surface area (Å²) < 4.78 is 49.9. The summed E-state index contributed by atoms with van der Waals surface area (Å²) in [5.41, 5.74) is -0.00898. The molecule has 0 fully saturated rings. The first-order valence-electron chi connectivity index (χ1n) is 10.8. The van der Waals surface area contributed by atoms with Crippen LogP contribution in [-0.2, 0) is 15.7 Å². The molecular weight excluding hydrogens is 477 g/mol. The molecule has 1 heterocycles. The highest BCUT2D eigenvalue weighted by Crippen LogP contribution is 2.39. The zero-order chi connectivity index (χ0) is 26.0. The van der Waals surface area contributed by atoms with E-state index in [0.29, 0.717) is 29.2 Å². The number of carbonyl (C=O) groups is 1. The van der Waals surface area contributed by atoms with Gasteiger partial charge in [-0.05, 0) is 47.9 Å². The zero-order valence-electron chi connectivity index (χ0n) is 19.1. The molecule has 36 heavy (non-hydrogen) atoms. The minimum absolute atomic E-state index is 0.0316. The van der Waals surface area contributed by atoms with Crippen LogP contribution in [-0.4, -0.2) is 16.8 Å². The Kier molecular flexibility index (Phi) is 6.61. The lowest BCUT2D eigenvalue weighted by atomic mass is 10.0. The Hall–Kier alpha value is -4.47. The summed E-state index contributed by atoms with van der Waals surface area (Å²) in [6, 6.07) is 15.6. The Morgan fingerprint density at radius 2 is 1.72 bits per heavy atom. The summed E-state index contributed by atoms with van der Waals surface area (Å²) in [7, 11) is 0. The van der Waals surface area contributed by atoms with E-state index in [2.05, 4.69) is 18.8 Å². The third-order valence-electron chi connectivity index (χ3n) is 5.36. The topological polar surface area (TPSA) is 91.0 Å². The molecule has 3 aromatic carbocycles. The molecule has 4 rings (SSSR count). The molecule has 3 aromatic rings. The normalized spacial score (nSPS) is 14.7. The number of nitro benzene ring substituents is 1. The van der Waals surface area contributed by atoms with Crippen molar-refractivity contribution >= 4 is 23.6 Å². The summed E-state index contributed by atoms with van der Waals surface area (Å²) in [5, 5.41) is 11.4. The van der Waals surface area contributed by atoms with Crippen molar-refractivity contribution in [1.82, 2.24) is 0 Å². The molecule has 0 amide bonds. The molecule has 0 bridgehead atoms. The second kappa shape index (κ2) is 9.65. The van der Waals surface area contributed by atoms with E-state index < -0.39 is 28.3 Å². The minimum Gasteiger partial charge on any atom is -0.449 e. The van der Waals surface area contributed by atoms with Crippen LogP contribution in [0.25, 0.3) is 6.08 Å². The van der Waals surface area contributed by atoms with Crippen LogP contribution in [0.2, 0.25) is 0 Å². The highest BCUT2D eigenvalue weighted by atomic mass is 19.4. The van der Waals surface area contributed by atoms with Crippen molar-refractivity contribution in [3.05, 3.63) is 105 Å². The average molecular weight is 496 g/mol. The van der Waals surface area contributed by atoms with Gasteiger partial charge in [-0.3, -0.25) is 10.1 Å². The van der Waals surface area contributed by atoms with Gasteiger partial charge in [0.15, 0.2) is 5.70 Å². The van der Waals surface area contributed by atoms with Crippen LogP contribution < -0.4 is 4.74 Å². The van der Waals surface area contributed by atoms with Gasteiger partial charge in [-0.15, -0.1) is 0 Å². The van der Waals surface area contributed by atoms with Crippen molar-refractivity contribution in [3.8, 4) is 11.5 Å². The summed E-state index contributed by atoms with van der Waals surface area (Å²) in [6.45, 7) is 4.11. The molecular formula is C26H19F3N2O5. The summed E-state index contributed by atoms with van der Waals surface area (Å²) in [4.78, 5) is 27.1. The number of para-hydroxylation sites is 1. The van der Waals surface area contributed by atoms with E-state index in [1.165, 1.54) is 12.1 Å². The maximum atomic E-state index is 13.0. The second-order valence-electron chi connectivity index (χ2n) is 8.19. The molecule has 1 aliphatic heterocycles. The number of aliphatic imine (C=N–C) groups is 1. The molecule has 0 radical (unpaired) electrons. The number of nitro groups is 1. The molecule has 184 valence electrons. The lowest BCUT2D eigenvalue weighted by molar-refractivity contribution is -0.385. The zero-order valence-corrected chi connectivity index (χ0v) is 19.1. The standard InChI is InChI=1S/C26H19F3N2O5/c1-15(2)16-7-9-17(10-8-16)24-30-20(25(32)36-24)13-18-5-3-4-6-22(18)35-23-12-11-19(26(27,28)29)14-21(23)31(33)34/h3-15H,1-2H3/b20-13-. The molecule has 0 aromatic heterocycles. The van der Waals surface area contributed by atoms with E-state index in [4.69, 9.17) is 9.47 Å². The largest absolute Gasteiger partial charge is 0.449 e. The highest BCUT2D eigenvalue weighted by Gasteiger charge is 2.33. The fourth-order valence-corrected chi connectivity index (χ4v) is 3.42. The van der Waals surface area contributed by atoms with Gasteiger partial charge in [0.1, 0.15) is 5.75 Å². The van der Waals surface area contributed by atoms with E-state index in [0.717, 1.165) is 11.6 Å². The SMILES string of the molecule is CC(C)c1ccc(C2=N/C(=C\c3ccccc3Oc3ccc(C(F)(F)F)cc3[N+](=O)[O-])C(=O)O2)cc1. The predicted molar refractivity (Wildman–Crippen MR) is 126 cm³/mol. The van der Waals surface area contributed by atoms with Gasteiger partial charge >= 0.3 is 17.8 Å². The van der Waals surface area contributed by atoms with Crippen LogP contribution in [0.4, 0.5) is 18.9 Å². The summed E-state index contributed by atoms with van der Waals surface area (Å²) in [5.74, 6) is -0.556. The van der Waals surface area contributed by atoms with Gasteiger partial charge in [0.2, 0.25) is 11.6 Å². The Morgan fingerprint density at radius 3 is 2.36 bits per heavy atom. The lowest BCUT2D eigenvalue weighted by Gasteiger charge is -2.11. The fourth-order valence-electron chi connectivity index (χ4n) is 3.42. The van der Waals surface area contributed by atoms with Crippen LogP contribution in [0.1, 0.15) is 42.0 Å². The van der Waals surface area contributed by atoms with E-state index in [1.54, 1.807) is 30.3 Å². The van der Waals surface area contributed by atoms with E-state index >= 15 is 0 Å². The number of benzene rings is 3. The Labute approximate surface area is 203 Å². The van der Waals surface area contributed by atoms with Crippen LogP contribution in [0.15, 0.2) is 77.4 Å². The van der Waals surface area contributed by atoms with Crippen LogP contribution in [0.3, 0.4) is 0 Å². The average Bonchev–Trinajstić information content (AvgIpc) is 3.19. The maximum absolute atomic E-state index is 13.0. The number of hydrogen-bond donors (Lipinski definition) is 0. The van der Waals surface area contributed by atoms with Gasteiger partial charge in [-0.2, -0.15) is 13.2 Å². The minimum atomic E-state index is -4.75. The number of halogens is 3.